The molecule has 0 fully saturated rings. The maximum Gasteiger partial charge on any atom is 0.337 e. The Labute approximate surface area is 96.3 Å². The van der Waals surface area contributed by atoms with Crippen LogP contribution in [0.5, 0.6) is 11.5 Å². The fraction of sp³-hybridized carbons (Fsp3) is 0. The van der Waals surface area contributed by atoms with Crippen molar-refractivity contribution in [2.75, 3.05) is 0 Å². The number of carboxylic acids is 1. The molecule has 1 aromatic heterocycles. The molecule has 0 unspecified atom stereocenters. The van der Waals surface area contributed by atoms with Crippen LogP contribution >= 0.6 is 0 Å². The van der Waals surface area contributed by atoms with Crippen LogP contribution in [0.1, 0.15) is 10.4 Å². The van der Waals surface area contributed by atoms with E-state index in [1.807, 2.05) is 0 Å². The van der Waals surface area contributed by atoms with Gasteiger partial charge >= 0.3 is 5.97 Å². The van der Waals surface area contributed by atoms with Crippen molar-refractivity contribution in [1.82, 2.24) is 4.98 Å². The van der Waals surface area contributed by atoms with Gasteiger partial charge in [0.2, 0.25) is 0 Å². The number of ether oxygens (including phenoxy) is 1. The average Bonchev–Trinajstić information content (AvgIpc) is 2.32. The van der Waals surface area contributed by atoms with Crippen molar-refractivity contribution in [3.8, 4) is 11.5 Å². The van der Waals surface area contributed by atoms with Gasteiger partial charge in [0.15, 0.2) is 11.6 Å². The first-order valence-corrected chi connectivity index (χ1v) is 4.77. The highest BCUT2D eigenvalue weighted by atomic mass is 19.1. The highest BCUT2D eigenvalue weighted by Crippen LogP contribution is 2.23. The predicted molar refractivity (Wildman–Crippen MR) is 57.7 cm³/mol. The minimum atomic E-state index is -1.11. The van der Waals surface area contributed by atoms with E-state index in [1.54, 1.807) is 6.07 Å². The largest absolute Gasteiger partial charge is 0.478 e. The summed E-state index contributed by atoms with van der Waals surface area (Å²) in [5, 5.41) is 8.76. The third-order valence-corrected chi connectivity index (χ3v) is 2.02. The summed E-state index contributed by atoms with van der Waals surface area (Å²) in [6.07, 6.45) is 2.51. The van der Waals surface area contributed by atoms with Crippen LogP contribution in [-0.4, -0.2) is 16.1 Å². The van der Waals surface area contributed by atoms with E-state index in [-0.39, 0.29) is 17.1 Å². The molecule has 4 nitrogen and oxygen atoms in total. The molecule has 0 aliphatic carbocycles. The second-order valence-electron chi connectivity index (χ2n) is 3.25. The van der Waals surface area contributed by atoms with Crippen molar-refractivity contribution in [2.24, 2.45) is 0 Å². The topological polar surface area (TPSA) is 59.4 Å². The summed E-state index contributed by atoms with van der Waals surface area (Å²) >= 11 is 0. The minimum Gasteiger partial charge on any atom is -0.478 e. The molecule has 0 aliphatic rings. The van der Waals surface area contributed by atoms with Crippen LogP contribution in [0, 0.1) is 5.82 Å². The van der Waals surface area contributed by atoms with Crippen molar-refractivity contribution >= 4 is 5.97 Å². The summed E-state index contributed by atoms with van der Waals surface area (Å²) in [6, 6.07) is 7.13. The number of nitrogens with zero attached hydrogens (tertiary/aromatic N) is 1. The molecular weight excluding hydrogens is 225 g/mol. The van der Waals surface area contributed by atoms with E-state index in [0.29, 0.717) is 0 Å². The van der Waals surface area contributed by atoms with Crippen LogP contribution in [0.25, 0.3) is 0 Å². The van der Waals surface area contributed by atoms with Crippen molar-refractivity contribution in [3.05, 3.63) is 54.1 Å². The van der Waals surface area contributed by atoms with Crippen LogP contribution in [0.3, 0.4) is 0 Å². The Morgan fingerprint density at radius 3 is 2.76 bits per heavy atom. The van der Waals surface area contributed by atoms with E-state index in [1.165, 1.54) is 36.7 Å². The third kappa shape index (κ3) is 2.57. The van der Waals surface area contributed by atoms with Crippen molar-refractivity contribution < 1.29 is 19.0 Å². The molecule has 0 saturated carbocycles. The van der Waals surface area contributed by atoms with Gasteiger partial charge in [-0.15, -0.1) is 0 Å². The van der Waals surface area contributed by atoms with E-state index in [2.05, 4.69) is 4.98 Å². The Hall–Kier alpha value is -2.43. The zero-order chi connectivity index (χ0) is 12.3. The van der Waals surface area contributed by atoms with E-state index in [0.717, 1.165) is 0 Å². The van der Waals surface area contributed by atoms with Crippen LogP contribution in [-0.2, 0) is 0 Å². The number of hydrogen-bond acceptors (Lipinski definition) is 3. The van der Waals surface area contributed by atoms with E-state index in [9.17, 15) is 9.18 Å². The predicted octanol–water partition coefficient (Wildman–Crippen LogP) is 2.71. The molecule has 0 bridgehead atoms. The molecule has 1 aromatic carbocycles. The number of aromatic nitrogens is 1. The maximum absolute atomic E-state index is 13.3. The minimum absolute atomic E-state index is 0.0150. The summed E-state index contributed by atoms with van der Waals surface area (Å²) < 4.78 is 18.5. The molecule has 1 heterocycles. The van der Waals surface area contributed by atoms with Gasteiger partial charge in [-0.2, -0.15) is 0 Å². The third-order valence-electron chi connectivity index (χ3n) is 2.02. The fourth-order valence-electron chi connectivity index (χ4n) is 1.25. The fourth-order valence-corrected chi connectivity index (χ4v) is 1.25. The molecule has 86 valence electrons. The first-order valence-electron chi connectivity index (χ1n) is 4.77. The van der Waals surface area contributed by atoms with Gasteiger partial charge in [-0.25, -0.2) is 9.18 Å². The van der Waals surface area contributed by atoms with Gasteiger partial charge in [-0.3, -0.25) is 4.98 Å². The average molecular weight is 233 g/mol. The number of carbonyl (C=O) groups is 1. The number of rotatable bonds is 3. The molecule has 0 atom stereocenters. The highest BCUT2D eigenvalue weighted by molar-refractivity contribution is 5.87. The Balaban J connectivity index is 2.28. The van der Waals surface area contributed by atoms with Crippen molar-refractivity contribution in [2.45, 2.75) is 0 Å². The van der Waals surface area contributed by atoms with Gasteiger partial charge in [0, 0.05) is 6.20 Å². The SMILES string of the molecule is O=C(O)c1cncc(Oc2ccccc2F)c1. The molecule has 17 heavy (non-hydrogen) atoms. The Morgan fingerprint density at radius 1 is 1.29 bits per heavy atom. The van der Waals surface area contributed by atoms with Crippen LogP contribution < -0.4 is 4.74 Å². The number of hydrogen-bond donors (Lipinski definition) is 1. The first-order chi connectivity index (χ1) is 8.16. The monoisotopic (exact) mass is 233 g/mol. The number of halogens is 1. The molecule has 0 spiro atoms. The van der Waals surface area contributed by atoms with Crippen LogP contribution in [0.15, 0.2) is 42.7 Å². The molecule has 2 aromatic rings. The molecule has 0 radical (unpaired) electrons. The Morgan fingerprint density at radius 2 is 2.06 bits per heavy atom. The lowest BCUT2D eigenvalue weighted by molar-refractivity contribution is 0.0696. The maximum atomic E-state index is 13.3. The zero-order valence-corrected chi connectivity index (χ0v) is 8.63. The summed E-state index contributed by atoms with van der Waals surface area (Å²) in [5.74, 6) is -1.43. The molecule has 0 amide bonds. The van der Waals surface area contributed by atoms with Gasteiger partial charge in [0.25, 0.3) is 0 Å². The second-order valence-corrected chi connectivity index (χ2v) is 3.25. The lowest BCUT2D eigenvalue weighted by Crippen LogP contribution is -1.98. The molecular formula is C12H8FNO3. The lowest BCUT2D eigenvalue weighted by Gasteiger charge is -2.06. The normalized spacial score (nSPS) is 9.94. The van der Waals surface area contributed by atoms with Gasteiger partial charge < -0.3 is 9.84 Å². The highest BCUT2D eigenvalue weighted by Gasteiger charge is 2.07. The van der Waals surface area contributed by atoms with Crippen LogP contribution in [0.2, 0.25) is 0 Å². The Kier molecular flexibility index (Phi) is 3.00. The first kappa shape index (κ1) is 11.1. The standard InChI is InChI=1S/C12H8FNO3/c13-10-3-1-2-4-11(10)17-9-5-8(12(15)16)6-14-7-9/h1-7H,(H,15,16). The van der Waals surface area contributed by atoms with E-state index in [4.69, 9.17) is 9.84 Å². The second kappa shape index (κ2) is 4.61. The lowest BCUT2D eigenvalue weighted by atomic mass is 10.3. The smallest absolute Gasteiger partial charge is 0.337 e. The summed E-state index contributed by atoms with van der Waals surface area (Å²) in [7, 11) is 0. The van der Waals surface area contributed by atoms with Gasteiger partial charge in [-0.05, 0) is 18.2 Å². The van der Waals surface area contributed by atoms with Crippen molar-refractivity contribution in [3.63, 3.8) is 0 Å². The number of pyridine rings is 1. The van der Waals surface area contributed by atoms with Gasteiger partial charge in [0.1, 0.15) is 5.75 Å². The quantitative estimate of drug-likeness (QED) is 0.885. The molecule has 0 saturated heterocycles. The molecule has 2 rings (SSSR count). The van der Waals surface area contributed by atoms with Crippen molar-refractivity contribution in [1.29, 1.82) is 0 Å². The Bertz CT molecular complexity index is 557. The number of carboxylic acid groups (broad SMARTS) is 1. The van der Waals surface area contributed by atoms with Gasteiger partial charge in [0.05, 0.1) is 11.8 Å². The number of aromatic carboxylic acids is 1. The zero-order valence-electron chi connectivity index (χ0n) is 8.63. The molecule has 1 N–H and O–H groups in total. The molecule has 5 heteroatoms. The van der Waals surface area contributed by atoms with Gasteiger partial charge in [-0.1, -0.05) is 12.1 Å². The van der Waals surface area contributed by atoms with E-state index >= 15 is 0 Å². The summed E-state index contributed by atoms with van der Waals surface area (Å²) in [6.45, 7) is 0. The number of para-hydroxylation sites is 1. The summed E-state index contributed by atoms with van der Waals surface area (Å²) in [5.41, 5.74) is -0.0150. The number of benzene rings is 1. The van der Waals surface area contributed by atoms with E-state index < -0.39 is 11.8 Å². The van der Waals surface area contributed by atoms with Crippen LogP contribution in [0.4, 0.5) is 4.39 Å². The molecule has 0 aliphatic heterocycles. The summed E-state index contributed by atoms with van der Waals surface area (Å²) in [4.78, 5) is 14.4.